The van der Waals surface area contributed by atoms with Gasteiger partial charge >= 0.3 is 0 Å². The summed E-state index contributed by atoms with van der Waals surface area (Å²) in [7, 11) is 3.10. The van der Waals surface area contributed by atoms with Crippen LogP contribution in [0.2, 0.25) is 0 Å². The minimum atomic E-state index is -0.788. The standard InChI is InChI=1S/C33H31NO6/c1-39-28-14-15-32(40-2)27(20-28)13-16-33(38)34-29(18-23-9-10-24-5-3-4-6-26(24)17-23)30(36)19-22-7-11-25(12-8-22)31(37)21-35/h3-17,20,29,35H,18-19,21H2,1-2H3,(H,34,38)/b16-13+/t29-/m0/s1. The molecule has 1 amide bonds. The fraction of sp³-hybridized carbons (Fsp3) is 0.182. The van der Waals surface area contributed by atoms with Crippen molar-refractivity contribution < 1.29 is 29.0 Å². The fourth-order valence-electron chi connectivity index (χ4n) is 4.43. The van der Waals surface area contributed by atoms with Gasteiger partial charge in [-0.3, -0.25) is 14.4 Å². The Morgan fingerprint density at radius 1 is 0.850 bits per heavy atom. The van der Waals surface area contributed by atoms with Crippen LogP contribution in [0.1, 0.15) is 27.0 Å². The molecule has 0 unspecified atom stereocenters. The lowest BCUT2D eigenvalue weighted by Crippen LogP contribution is -2.42. The van der Waals surface area contributed by atoms with E-state index in [1.54, 1.807) is 62.8 Å². The Labute approximate surface area is 233 Å². The topological polar surface area (TPSA) is 102 Å². The lowest BCUT2D eigenvalue weighted by atomic mass is 9.95. The number of ether oxygens (including phenoxy) is 2. The van der Waals surface area contributed by atoms with Gasteiger partial charge in [0, 0.05) is 23.6 Å². The van der Waals surface area contributed by atoms with Crippen LogP contribution in [0.15, 0.2) is 91.0 Å². The maximum absolute atomic E-state index is 13.5. The Morgan fingerprint density at radius 3 is 2.27 bits per heavy atom. The van der Waals surface area contributed by atoms with E-state index in [1.807, 2.05) is 42.5 Å². The first-order valence-corrected chi connectivity index (χ1v) is 12.8. The summed E-state index contributed by atoms with van der Waals surface area (Å²) in [6.07, 6.45) is 3.37. The SMILES string of the molecule is COc1ccc(OC)c(/C=C/C(=O)N[C@@H](Cc2ccc3ccccc3c2)C(=O)Cc2ccc(C(=O)CO)cc2)c1. The number of hydrogen-bond acceptors (Lipinski definition) is 6. The van der Waals surface area contributed by atoms with Crippen molar-refractivity contribution in [2.24, 2.45) is 0 Å². The molecular formula is C33H31NO6. The molecule has 0 aliphatic heterocycles. The summed E-state index contributed by atoms with van der Waals surface area (Å²) in [5.41, 5.74) is 2.65. The van der Waals surface area contributed by atoms with Gasteiger partial charge in [0.15, 0.2) is 11.6 Å². The third kappa shape index (κ3) is 7.21. The van der Waals surface area contributed by atoms with E-state index in [-0.39, 0.29) is 12.2 Å². The average Bonchev–Trinajstić information content (AvgIpc) is 2.99. The van der Waals surface area contributed by atoms with Crippen molar-refractivity contribution in [3.05, 3.63) is 113 Å². The van der Waals surface area contributed by atoms with Gasteiger partial charge in [-0.2, -0.15) is 0 Å². The van der Waals surface area contributed by atoms with Crippen LogP contribution in [0.4, 0.5) is 0 Å². The number of benzene rings is 4. The van der Waals surface area contributed by atoms with Crippen LogP contribution >= 0.6 is 0 Å². The Hall–Kier alpha value is -4.75. The third-order valence-electron chi connectivity index (χ3n) is 6.61. The second-order valence-electron chi connectivity index (χ2n) is 9.31. The number of Topliss-reactive ketones (excluding diaryl/α,β-unsaturated/α-hetero) is 2. The molecule has 0 fully saturated rings. The van der Waals surface area contributed by atoms with Crippen LogP contribution < -0.4 is 14.8 Å². The fourth-order valence-corrected chi connectivity index (χ4v) is 4.43. The van der Waals surface area contributed by atoms with E-state index < -0.39 is 24.3 Å². The number of hydrogen-bond donors (Lipinski definition) is 2. The van der Waals surface area contributed by atoms with Crippen molar-refractivity contribution >= 4 is 34.3 Å². The van der Waals surface area contributed by atoms with Crippen molar-refractivity contribution in [2.75, 3.05) is 20.8 Å². The summed E-state index contributed by atoms with van der Waals surface area (Å²) in [6, 6.07) is 25.0. The summed E-state index contributed by atoms with van der Waals surface area (Å²) in [5, 5.41) is 14.1. The minimum absolute atomic E-state index is 0.0690. The largest absolute Gasteiger partial charge is 0.497 e. The van der Waals surface area contributed by atoms with E-state index >= 15 is 0 Å². The molecule has 0 aliphatic carbocycles. The number of ketones is 2. The maximum atomic E-state index is 13.5. The van der Waals surface area contributed by atoms with Crippen molar-refractivity contribution in [3.63, 3.8) is 0 Å². The first-order valence-electron chi connectivity index (χ1n) is 12.8. The van der Waals surface area contributed by atoms with Gasteiger partial charge in [-0.05, 0) is 52.6 Å². The molecular weight excluding hydrogens is 506 g/mol. The van der Waals surface area contributed by atoms with Gasteiger partial charge in [-0.1, -0.05) is 66.7 Å². The minimum Gasteiger partial charge on any atom is -0.497 e. The molecule has 0 heterocycles. The number of aliphatic hydroxyl groups is 1. The summed E-state index contributed by atoms with van der Waals surface area (Å²) >= 11 is 0. The molecule has 1 atom stereocenters. The molecule has 4 aromatic carbocycles. The van der Waals surface area contributed by atoms with E-state index in [1.165, 1.54) is 6.08 Å². The predicted octanol–water partition coefficient (Wildman–Crippen LogP) is 4.58. The molecule has 0 saturated carbocycles. The molecule has 40 heavy (non-hydrogen) atoms. The molecule has 2 N–H and O–H groups in total. The van der Waals surface area contributed by atoms with Gasteiger partial charge in [0.25, 0.3) is 0 Å². The molecule has 7 nitrogen and oxygen atoms in total. The van der Waals surface area contributed by atoms with Crippen molar-refractivity contribution in [1.29, 1.82) is 0 Å². The highest BCUT2D eigenvalue weighted by molar-refractivity contribution is 5.98. The van der Waals surface area contributed by atoms with Crippen LogP contribution in [0.5, 0.6) is 11.5 Å². The number of methoxy groups -OCH3 is 2. The number of carbonyl (C=O) groups is 3. The van der Waals surface area contributed by atoms with Gasteiger partial charge in [0.1, 0.15) is 18.1 Å². The highest BCUT2D eigenvalue weighted by Crippen LogP contribution is 2.25. The van der Waals surface area contributed by atoms with Crippen LogP contribution in [0.3, 0.4) is 0 Å². The van der Waals surface area contributed by atoms with Gasteiger partial charge in [-0.25, -0.2) is 0 Å². The summed E-state index contributed by atoms with van der Waals surface area (Å²) < 4.78 is 10.7. The summed E-state index contributed by atoms with van der Waals surface area (Å²) in [5.74, 6) is 0.218. The van der Waals surface area contributed by atoms with Crippen LogP contribution in [0.25, 0.3) is 16.8 Å². The molecule has 0 bridgehead atoms. The van der Waals surface area contributed by atoms with Crippen LogP contribution in [-0.4, -0.2) is 49.4 Å². The Kier molecular flexibility index (Phi) is 9.44. The Morgan fingerprint density at radius 2 is 1.57 bits per heavy atom. The van der Waals surface area contributed by atoms with Crippen molar-refractivity contribution in [1.82, 2.24) is 5.32 Å². The quantitative estimate of drug-likeness (QED) is 0.203. The molecule has 204 valence electrons. The highest BCUT2D eigenvalue weighted by Gasteiger charge is 2.21. The van der Waals surface area contributed by atoms with Crippen LogP contribution in [-0.2, 0) is 22.4 Å². The molecule has 0 spiro atoms. The smallest absolute Gasteiger partial charge is 0.244 e. The molecule has 0 aromatic heterocycles. The summed E-state index contributed by atoms with van der Waals surface area (Å²) in [4.78, 5) is 38.2. The molecule has 0 saturated heterocycles. The number of rotatable bonds is 12. The monoisotopic (exact) mass is 537 g/mol. The number of amides is 1. The van der Waals surface area contributed by atoms with Gasteiger partial charge < -0.3 is 19.9 Å². The number of fused-ring (bicyclic) bond motifs is 1. The predicted molar refractivity (Wildman–Crippen MR) is 155 cm³/mol. The molecule has 4 aromatic rings. The second-order valence-corrected chi connectivity index (χ2v) is 9.31. The highest BCUT2D eigenvalue weighted by atomic mass is 16.5. The molecule has 4 rings (SSSR count). The van der Waals surface area contributed by atoms with Crippen molar-refractivity contribution in [3.8, 4) is 11.5 Å². The summed E-state index contributed by atoms with van der Waals surface area (Å²) in [6.45, 7) is -0.576. The lowest BCUT2D eigenvalue weighted by Gasteiger charge is -2.18. The molecule has 0 aliphatic rings. The van der Waals surface area contributed by atoms with Crippen LogP contribution in [0, 0.1) is 0 Å². The lowest BCUT2D eigenvalue weighted by molar-refractivity contribution is -0.125. The van der Waals surface area contributed by atoms with Crippen molar-refractivity contribution in [2.45, 2.75) is 18.9 Å². The average molecular weight is 538 g/mol. The van der Waals surface area contributed by atoms with E-state index in [0.29, 0.717) is 34.6 Å². The normalized spacial score (nSPS) is 11.8. The molecule has 7 heteroatoms. The number of carbonyl (C=O) groups excluding carboxylic acids is 3. The van der Waals surface area contributed by atoms with Gasteiger partial charge in [0.2, 0.25) is 5.91 Å². The van der Waals surface area contributed by atoms with E-state index in [2.05, 4.69) is 5.32 Å². The Bertz CT molecular complexity index is 1540. The van der Waals surface area contributed by atoms with Gasteiger partial charge in [-0.15, -0.1) is 0 Å². The second kappa shape index (κ2) is 13.4. The van der Waals surface area contributed by atoms with E-state index in [0.717, 1.165) is 16.3 Å². The number of aliphatic hydroxyl groups excluding tert-OH is 1. The zero-order chi connectivity index (χ0) is 28.5. The van der Waals surface area contributed by atoms with E-state index in [9.17, 15) is 14.4 Å². The van der Waals surface area contributed by atoms with Gasteiger partial charge in [0.05, 0.1) is 20.3 Å². The first kappa shape index (κ1) is 28.3. The zero-order valence-corrected chi connectivity index (χ0v) is 22.4. The number of nitrogens with one attached hydrogen (secondary N) is 1. The first-order chi connectivity index (χ1) is 19.4. The zero-order valence-electron chi connectivity index (χ0n) is 22.4. The Balaban J connectivity index is 1.55. The maximum Gasteiger partial charge on any atom is 0.244 e. The van der Waals surface area contributed by atoms with E-state index in [4.69, 9.17) is 14.6 Å². The molecule has 0 radical (unpaired) electrons. The third-order valence-corrected chi connectivity index (χ3v) is 6.61.